The summed E-state index contributed by atoms with van der Waals surface area (Å²) in [7, 11) is 0. The molecule has 0 radical (unpaired) electrons. The van der Waals surface area contributed by atoms with Crippen molar-refractivity contribution in [3.8, 4) is 21.6 Å². The maximum absolute atomic E-state index is 5.70. The number of aliphatic imine (C=N–C) groups is 2. The fraction of sp³-hybridized carbons (Fsp3) is 0.190. The van der Waals surface area contributed by atoms with Gasteiger partial charge in [0.15, 0.2) is 0 Å². The monoisotopic (exact) mass is 613 g/mol. The molecule has 0 bridgehead atoms. The van der Waals surface area contributed by atoms with Crippen molar-refractivity contribution in [2.45, 2.75) is 45.1 Å². The maximum Gasteiger partial charge on any atom is 0.230 e. The van der Waals surface area contributed by atoms with Crippen molar-refractivity contribution in [1.82, 2.24) is 4.57 Å². The van der Waals surface area contributed by atoms with E-state index < -0.39 is 0 Å². The molecule has 0 saturated carbocycles. The van der Waals surface area contributed by atoms with Gasteiger partial charge in [0.25, 0.3) is 0 Å². The lowest BCUT2D eigenvalue weighted by atomic mass is 9.65. The number of thiophene rings is 1. The van der Waals surface area contributed by atoms with Crippen LogP contribution in [0.1, 0.15) is 43.5 Å². The fourth-order valence-electron chi connectivity index (χ4n) is 7.79. The lowest BCUT2D eigenvalue weighted by Gasteiger charge is -2.44. The Morgan fingerprint density at radius 1 is 0.739 bits per heavy atom. The third-order valence-electron chi connectivity index (χ3n) is 10.6. The first-order valence-corrected chi connectivity index (χ1v) is 17.1. The molecule has 0 amide bonds. The lowest BCUT2D eigenvalue weighted by Crippen LogP contribution is -2.46. The van der Waals surface area contributed by atoms with Gasteiger partial charge in [0, 0.05) is 38.1 Å². The van der Waals surface area contributed by atoms with Crippen molar-refractivity contribution in [1.29, 1.82) is 0 Å². The Bertz CT molecular complexity index is 2280. The smallest absolute Gasteiger partial charge is 0.230 e. The van der Waals surface area contributed by atoms with Crippen LogP contribution in [0.5, 0.6) is 0 Å². The molecule has 3 heterocycles. The quantitative estimate of drug-likeness (QED) is 0.190. The van der Waals surface area contributed by atoms with Gasteiger partial charge >= 0.3 is 0 Å². The average molecular weight is 614 g/mol. The zero-order chi connectivity index (χ0) is 30.9. The zero-order valence-corrected chi connectivity index (χ0v) is 27.0. The van der Waals surface area contributed by atoms with Gasteiger partial charge in [0.1, 0.15) is 0 Å². The van der Waals surface area contributed by atoms with E-state index in [0.717, 1.165) is 37.4 Å². The summed E-state index contributed by atoms with van der Waals surface area (Å²) >= 11 is 1.93. The lowest BCUT2D eigenvalue weighted by molar-refractivity contribution is 0.230. The second kappa shape index (κ2) is 10.4. The van der Waals surface area contributed by atoms with Crippen LogP contribution in [0.3, 0.4) is 0 Å². The number of rotatable bonds is 3. The minimum absolute atomic E-state index is 0.139. The molecule has 2 atom stereocenters. The standard InChI is InChI=1S/C42H35N3S/c1-41(24-12-5-13-25-41)42(2)27-34(29-16-8-4-9-17-29)43-40(44-42)45-35-23-22-32-31-18-10-11-19-37(31)46-39(32)38(35)33-21-20-30(26-36(33)45)28-14-6-3-7-15-28/h3-21,24,26H,22-23,25,27H2,1-2H3. The Kier molecular flexibility index (Phi) is 6.20. The molecule has 4 heteroatoms. The van der Waals surface area contributed by atoms with E-state index in [2.05, 4.69) is 146 Å². The first kappa shape index (κ1) is 27.5. The summed E-state index contributed by atoms with van der Waals surface area (Å²) in [5.74, 6) is 0.804. The molecule has 0 saturated heterocycles. The normalized spacial score (nSPS) is 22.0. The van der Waals surface area contributed by atoms with E-state index in [4.69, 9.17) is 9.98 Å². The molecular weight excluding hydrogens is 579 g/mol. The third kappa shape index (κ3) is 4.16. The van der Waals surface area contributed by atoms with Crippen molar-refractivity contribution < 1.29 is 0 Å². The summed E-state index contributed by atoms with van der Waals surface area (Å²) in [6.45, 7) is 4.70. The molecule has 2 aliphatic carbocycles. The molecule has 1 aliphatic heterocycles. The van der Waals surface area contributed by atoms with Crippen molar-refractivity contribution in [2.75, 3.05) is 0 Å². The van der Waals surface area contributed by atoms with Crippen LogP contribution in [0.4, 0.5) is 0 Å². The summed E-state index contributed by atoms with van der Waals surface area (Å²) < 4.78 is 3.79. The Labute approximate surface area is 274 Å². The van der Waals surface area contributed by atoms with Crippen LogP contribution in [-0.4, -0.2) is 21.8 Å². The predicted octanol–water partition coefficient (Wildman–Crippen LogP) is 10.7. The first-order valence-electron chi connectivity index (χ1n) is 16.3. The third-order valence-corrected chi connectivity index (χ3v) is 11.8. The number of hydrogen-bond acceptors (Lipinski definition) is 3. The second-order valence-electron chi connectivity index (χ2n) is 13.4. The number of aromatic nitrogens is 1. The number of allylic oxidation sites excluding steroid dienone is 3. The van der Waals surface area contributed by atoms with Crippen LogP contribution in [0, 0.1) is 5.41 Å². The minimum atomic E-state index is -0.380. The molecule has 0 N–H and O–H groups in total. The molecule has 0 spiro atoms. The Balaban J connectivity index is 1.34. The van der Waals surface area contributed by atoms with E-state index in [-0.39, 0.29) is 11.0 Å². The van der Waals surface area contributed by atoms with Crippen molar-refractivity contribution in [3.05, 3.63) is 144 Å². The molecule has 3 nitrogen and oxygen atoms in total. The zero-order valence-electron chi connectivity index (χ0n) is 26.2. The van der Waals surface area contributed by atoms with Crippen molar-refractivity contribution in [2.24, 2.45) is 15.4 Å². The van der Waals surface area contributed by atoms with E-state index >= 15 is 0 Å². The largest absolute Gasteiger partial charge is 0.282 e. The highest BCUT2D eigenvalue weighted by atomic mass is 32.1. The van der Waals surface area contributed by atoms with Gasteiger partial charge in [-0.15, -0.1) is 11.3 Å². The molecule has 2 aromatic heterocycles. The van der Waals surface area contributed by atoms with Gasteiger partial charge < -0.3 is 0 Å². The molecule has 6 aromatic rings. The van der Waals surface area contributed by atoms with Crippen LogP contribution in [0.2, 0.25) is 0 Å². The van der Waals surface area contributed by atoms with Crippen LogP contribution in [0.15, 0.2) is 137 Å². The second-order valence-corrected chi connectivity index (χ2v) is 14.4. The first-order chi connectivity index (χ1) is 22.5. The van der Waals surface area contributed by atoms with Gasteiger partial charge in [-0.1, -0.05) is 122 Å². The Morgan fingerprint density at radius 2 is 1.50 bits per heavy atom. The number of fused-ring (bicyclic) bond motifs is 7. The SMILES string of the molecule is CC1(C2(C)CC(c3ccccc3)=NC(n3c4c(c5ccc(-c6ccccc6)cc53)-c3sc5ccccc5c3CC4)=N2)C=CC=CC1. The van der Waals surface area contributed by atoms with Gasteiger partial charge in [0.2, 0.25) is 5.96 Å². The molecule has 224 valence electrons. The van der Waals surface area contributed by atoms with Gasteiger partial charge in [-0.05, 0) is 66.0 Å². The summed E-state index contributed by atoms with van der Waals surface area (Å²) in [4.78, 5) is 12.6. The summed E-state index contributed by atoms with van der Waals surface area (Å²) in [6.07, 6.45) is 12.7. The summed E-state index contributed by atoms with van der Waals surface area (Å²) in [5, 5.41) is 2.67. The average Bonchev–Trinajstić information content (AvgIpc) is 3.64. The fourth-order valence-corrected chi connectivity index (χ4v) is 9.12. The molecule has 0 fully saturated rings. The summed E-state index contributed by atoms with van der Waals surface area (Å²) in [6, 6.07) is 37.3. The predicted molar refractivity (Wildman–Crippen MR) is 195 cm³/mol. The number of benzene rings is 4. The number of aryl methyl sites for hydroxylation is 1. The van der Waals surface area contributed by atoms with E-state index in [0.29, 0.717) is 0 Å². The highest BCUT2D eigenvalue weighted by Gasteiger charge is 2.46. The highest BCUT2D eigenvalue weighted by molar-refractivity contribution is 7.22. The molecule has 46 heavy (non-hydrogen) atoms. The van der Waals surface area contributed by atoms with Crippen molar-refractivity contribution in [3.63, 3.8) is 0 Å². The van der Waals surface area contributed by atoms with Crippen LogP contribution in [-0.2, 0) is 12.8 Å². The Hall–Kier alpha value is -4.80. The molecule has 4 aromatic carbocycles. The molecule has 9 rings (SSSR count). The van der Waals surface area contributed by atoms with Crippen LogP contribution >= 0.6 is 11.3 Å². The topological polar surface area (TPSA) is 29.6 Å². The van der Waals surface area contributed by atoms with E-state index in [9.17, 15) is 0 Å². The number of nitrogens with zero attached hydrogens (tertiary/aromatic N) is 3. The highest BCUT2D eigenvalue weighted by Crippen LogP contribution is 2.50. The van der Waals surface area contributed by atoms with E-state index in [1.165, 1.54) is 59.4 Å². The van der Waals surface area contributed by atoms with Gasteiger partial charge in [-0.25, -0.2) is 9.98 Å². The van der Waals surface area contributed by atoms with Gasteiger partial charge in [-0.2, -0.15) is 0 Å². The van der Waals surface area contributed by atoms with Gasteiger partial charge in [-0.3, -0.25) is 4.57 Å². The molecule has 3 aliphatic rings. The van der Waals surface area contributed by atoms with Crippen molar-refractivity contribution >= 4 is 44.0 Å². The van der Waals surface area contributed by atoms with E-state index in [1.54, 1.807) is 0 Å². The van der Waals surface area contributed by atoms with Gasteiger partial charge in [0.05, 0.1) is 16.8 Å². The molecular formula is C42H35N3S. The minimum Gasteiger partial charge on any atom is -0.282 e. The maximum atomic E-state index is 5.70. The summed E-state index contributed by atoms with van der Waals surface area (Å²) in [5.41, 5.74) is 9.52. The Morgan fingerprint density at radius 3 is 2.28 bits per heavy atom. The molecule has 2 unspecified atom stereocenters. The van der Waals surface area contributed by atoms with E-state index in [1.807, 2.05) is 11.3 Å². The number of hydrogen-bond donors (Lipinski definition) is 0. The van der Waals surface area contributed by atoms with Crippen LogP contribution < -0.4 is 0 Å². The van der Waals surface area contributed by atoms with Crippen LogP contribution in [0.25, 0.3) is 42.6 Å².